The minimum absolute atomic E-state index is 0.0610. The van der Waals surface area contributed by atoms with E-state index in [-0.39, 0.29) is 42.4 Å². The van der Waals surface area contributed by atoms with E-state index in [1.807, 2.05) is 56.3 Å². The second kappa shape index (κ2) is 10.4. The molecule has 1 N–H and O–H groups in total. The fraction of sp³-hybridized carbons (Fsp3) is 0.400. The van der Waals surface area contributed by atoms with Gasteiger partial charge in [0.2, 0.25) is 11.8 Å². The minimum Gasteiger partial charge on any atom is -0.472 e. The molecular weight excluding hydrogens is 406 g/mol. The van der Waals surface area contributed by atoms with Crippen LogP contribution in [0.5, 0.6) is 5.88 Å². The van der Waals surface area contributed by atoms with Gasteiger partial charge in [0, 0.05) is 32.6 Å². The van der Waals surface area contributed by atoms with Gasteiger partial charge in [0.05, 0.1) is 19.2 Å². The summed E-state index contributed by atoms with van der Waals surface area (Å²) in [5, 5.41) is 9.75. The molecule has 2 aromatic rings. The van der Waals surface area contributed by atoms with Gasteiger partial charge in [-0.05, 0) is 24.1 Å². The van der Waals surface area contributed by atoms with Gasteiger partial charge in [-0.15, -0.1) is 0 Å². The number of pyridine rings is 1. The number of rotatable bonds is 6. The molecular formula is C25H31N3O4. The van der Waals surface area contributed by atoms with Crippen molar-refractivity contribution in [1.82, 2.24) is 14.8 Å². The molecule has 170 valence electrons. The zero-order chi connectivity index (χ0) is 23.3. The van der Waals surface area contributed by atoms with Crippen LogP contribution in [0.15, 0.2) is 42.6 Å². The third kappa shape index (κ3) is 5.53. The second-order valence-electron chi connectivity index (χ2n) is 8.39. The second-order valence-corrected chi connectivity index (χ2v) is 8.39. The molecule has 0 bridgehead atoms. The Balaban J connectivity index is 1.98. The van der Waals surface area contributed by atoms with Crippen LogP contribution in [0.4, 0.5) is 0 Å². The third-order valence-corrected chi connectivity index (χ3v) is 5.80. The number of ether oxygens (including phenoxy) is 1. The topological polar surface area (TPSA) is 83.0 Å². The van der Waals surface area contributed by atoms with Gasteiger partial charge < -0.3 is 19.6 Å². The molecule has 0 spiro atoms. The smallest absolute Gasteiger partial charge is 0.259 e. The highest BCUT2D eigenvalue weighted by Gasteiger charge is 2.34. The van der Waals surface area contributed by atoms with E-state index in [1.54, 1.807) is 29.1 Å². The van der Waals surface area contributed by atoms with E-state index >= 15 is 0 Å². The molecule has 3 atom stereocenters. The fourth-order valence-electron chi connectivity index (χ4n) is 3.58. The summed E-state index contributed by atoms with van der Waals surface area (Å²) in [6.07, 6.45) is 5.18. The Labute approximate surface area is 189 Å². The molecule has 0 unspecified atom stereocenters. The number of hydrogen-bond acceptors (Lipinski definition) is 5. The number of carbonyl (C=O) groups is 2. The number of likely N-dealkylation sites (N-methyl/N-ethyl adjacent to an activating group) is 1. The molecule has 32 heavy (non-hydrogen) atoms. The summed E-state index contributed by atoms with van der Waals surface area (Å²) in [4.78, 5) is 32.9. The van der Waals surface area contributed by atoms with Crippen LogP contribution < -0.4 is 4.74 Å². The molecule has 2 heterocycles. The van der Waals surface area contributed by atoms with Crippen LogP contribution in [-0.2, 0) is 4.79 Å². The van der Waals surface area contributed by atoms with Crippen molar-refractivity contribution in [3.05, 3.63) is 59.3 Å². The zero-order valence-corrected chi connectivity index (χ0v) is 19.1. The molecule has 0 fully saturated rings. The number of carbonyl (C=O) groups excluding carboxylic acids is 2. The van der Waals surface area contributed by atoms with E-state index in [9.17, 15) is 14.7 Å². The van der Waals surface area contributed by atoms with Gasteiger partial charge in [-0.3, -0.25) is 9.59 Å². The lowest BCUT2D eigenvalue weighted by Gasteiger charge is -2.37. The minimum atomic E-state index is -0.356. The molecule has 7 heteroatoms. The Morgan fingerprint density at radius 2 is 2.00 bits per heavy atom. The molecule has 0 saturated carbocycles. The number of aromatic nitrogens is 1. The number of hydrogen-bond donors (Lipinski definition) is 1. The molecule has 0 radical (unpaired) electrons. The van der Waals surface area contributed by atoms with E-state index in [0.29, 0.717) is 18.7 Å². The molecule has 2 amide bonds. The van der Waals surface area contributed by atoms with Gasteiger partial charge in [0.15, 0.2) is 0 Å². The Hall–Kier alpha value is -3.19. The zero-order valence-electron chi connectivity index (χ0n) is 19.1. The average molecular weight is 438 g/mol. The summed E-state index contributed by atoms with van der Waals surface area (Å²) in [5.74, 6) is -0.110. The van der Waals surface area contributed by atoms with Crippen molar-refractivity contribution in [3.8, 4) is 5.88 Å². The summed E-state index contributed by atoms with van der Waals surface area (Å²) >= 11 is 0. The number of amides is 2. The van der Waals surface area contributed by atoms with Crippen molar-refractivity contribution in [2.45, 2.75) is 32.9 Å². The van der Waals surface area contributed by atoms with E-state index in [1.165, 1.54) is 6.92 Å². The van der Waals surface area contributed by atoms with Crippen molar-refractivity contribution in [3.63, 3.8) is 0 Å². The average Bonchev–Trinajstić information content (AvgIpc) is 2.80. The molecule has 0 saturated heterocycles. The third-order valence-electron chi connectivity index (χ3n) is 5.80. The van der Waals surface area contributed by atoms with E-state index in [0.717, 1.165) is 11.1 Å². The lowest BCUT2D eigenvalue weighted by molar-refractivity contribution is -0.129. The lowest BCUT2D eigenvalue weighted by Crippen LogP contribution is -2.50. The molecule has 0 aliphatic carbocycles. The first kappa shape index (κ1) is 23.5. The maximum absolute atomic E-state index is 13.4. The number of benzene rings is 1. The van der Waals surface area contributed by atoms with Gasteiger partial charge in [0.1, 0.15) is 11.7 Å². The summed E-state index contributed by atoms with van der Waals surface area (Å²) in [6.45, 7) is 5.94. The predicted molar refractivity (Wildman–Crippen MR) is 124 cm³/mol. The van der Waals surface area contributed by atoms with Crippen molar-refractivity contribution in [2.75, 3.05) is 26.7 Å². The quantitative estimate of drug-likeness (QED) is 0.751. The number of aliphatic hydroxyl groups excluding tert-OH is 1. The van der Waals surface area contributed by atoms with Crippen molar-refractivity contribution in [1.29, 1.82) is 0 Å². The Morgan fingerprint density at radius 3 is 2.66 bits per heavy atom. The maximum atomic E-state index is 13.4. The van der Waals surface area contributed by atoms with Crippen LogP contribution in [0.2, 0.25) is 0 Å². The molecule has 1 aliphatic rings. The van der Waals surface area contributed by atoms with Crippen LogP contribution in [-0.4, -0.2) is 70.6 Å². The molecule has 1 aliphatic heterocycles. The van der Waals surface area contributed by atoms with Crippen LogP contribution in [0, 0.1) is 5.92 Å². The summed E-state index contributed by atoms with van der Waals surface area (Å²) in [7, 11) is 1.72. The lowest BCUT2D eigenvalue weighted by atomic mass is 9.99. The van der Waals surface area contributed by atoms with Gasteiger partial charge in [-0.25, -0.2) is 4.98 Å². The van der Waals surface area contributed by atoms with Crippen molar-refractivity contribution < 1.29 is 19.4 Å². The number of aliphatic hydroxyl groups is 1. The van der Waals surface area contributed by atoms with Crippen molar-refractivity contribution in [2.24, 2.45) is 5.92 Å². The largest absolute Gasteiger partial charge is 0.472 e. The Bertz CT molecular complexity index is 976. The van der Waals surface area contributed by atoms with Crippen LogP contribution in [0.25, 0.3) is 12.2 Å². The summed E-state index contributed by atoms with van der Waals surface area (Å²) in [5.41, 5.74) is 2.16. The van der Waals surface area contributed by atoms with Gasteiger partial charge >= 0.3 is 0 Å². The highest BCUT2D eigenvalue weighted by Crippen LogP contribution is 2.28. The maximum Gasteiger partial charge on any atom is 0.259 e. The normalized spacial score (nSPS) is 19.7. The van der Waals surface area contributed by atoms with E-state index in [4.69, 9.17) is 4.74 Å². The van der Waals surface area contributed by atoms with Crippen LogP contribution in [0.3, 0.4) is 0 Å². The Kier molecular flexibility index (Phi) is 7.64. The fourth-order valence-corrected chi connectivity index (χ4v) is 3.58. The Morgan fingerprint density at radius 1 is 1.31 bits per heavy atom. The SMILES string of the molecule is CC(=O)N(C)C[C@H]1Oc2ncc(/C=C/c3ccccc3)cc2C(=O)N([C@@H](C)CO)C[C@@H]1C. The van der Waals surface area contributed by atoms with Gasteiger partial charge in [0.25, 0.3) is 5.91 Å². The standard InChI is InChI=1S/C25H31N3O4/c1-17-14-28(18(2)16-29)25(31)22-12-21(11-10-20-8-6-5-7-9-20)13-26-24(22)32-23(17)15-27(4)19(3)30/h5-13,17-18,23,29H,14-16H2,1-4H3/b11-10+/t17-,18-,23+/m0/s1. The highest BCUT2D eigenvalue weighted by molar-refractivity contribution is 5.97. The molecule has 7 nitrogen and oxygen atoms in total. The van der Waals surface area contributed by atoms with Crippen LogP contribution >= 0.6 is 0 Å². The van der Waals surface area contributed by atoms with Gasteiger partial charge in [-0.1, -0.05) is 49.4 Å². The summed E-state index contributed by atoms with van der Waals surface area (Å²) in [6, 6.07) is 11.3. The molecule has 1 aromatic heterocycles. The highest BCUT2D eigenvalue weighted by atomic mass is 16.5. The van der Waals surface area contributed by atoms with E-state index < -0.39 is 0 Å². The first-order valence-electron chi connectivity index (χ1n) is 10.8. The molecule has 3 rings (SSSR count). The number of nitrogens with zero attached hydrogens (tertiary/aromatic N) is 3. The predicted octanol–water partition coefficient (Wildman–Crippen LogP) is 2.95. The van der Waals surface area contributed by atoms with E-state index in [2.05, 4.69) is 4.98 Å². The summed E-state index contributed by atoms with van der Waals surface area (Å²) < 4.78 is 6.18. The monoisotopic (exact) mass is 437 g/mol. The first-order chi connectivity index (χ1) is 15.3. The number of fused-ring (bicyclic) bond motifs is 1. The van der Waals surface area contributed by atoms with Crippen molar-refractivity contribution >= 4 is 24.0 Å². The van der Waals surface area contributed by atoms with Crippen LogP contribution in [0.1, 0.15) is 42.3 Å². The van der Waals surface area contributed by atoms with Gasteiger partial charge in [-0.2, -0.15) is 0 Å². The first-order valence-corrected chi connectivity index (χ1v) is 10.8. The molecule has 1 aromatic carbocycles.